The third-order valence-corrected chi connectivity index (χ3v) is 7.52. The van der Waals surface area contributed by atoms with E-state index in [2.05, 4.69) is 95.2 Å². The third kappa shape index (κ3) is 5.47. The molecule has 1 aliphatic heterocycles. The van der Waals surface area contributed by atoms with Crippen LogP contribution in [0.3, 0.4) is 0 Å². The summed E-state index contributed by atoms with van der Waals surface area (Å²) in [7, 11) is 0. The Morgan fingerprint density at radius 3 is 2.09 bits per heavy atom. The number of pyridine rings is 2. The van der Waals surface area contributed by atoms with Crippen LogP contribution in [0, 0.1) is 26.0 Å². The van der Waals surface area contributed by atoms with Gasteiger partial charge in [-0.2, -0.15) is 6.07 Å². The van der Waals surface area contributed by atoms with Crippen molar-refractivity contribution in [3.8, 4) is 22.8 Å². The number of nitrogens with zero attached hydrogens (tertiary/aromatic N) is 4. The molecule has 3 heterocycles. The number of ether oxygens (including phenoxy) is 1. The summed E-state index contributed by atoms with van der Waals surface area (Å²) in [6.07, 6.45) is 3.63. The van der Waals surface area contributed by atoms with Crippen LogP contribution in [-0.2, 0) is 21.1 Å². The predicted octanol–water partition coefficient (Wildman–Crippen LogP) is 7.84. The summed E-state index contributed by atoms with van der Waals surface area (Å²) in [5, 5.41) is 0. The molecule has 0 spiro atoms. The number of para-hydroxylation sites is 1. The maximum absolute atomic E-state index is 6.33. The number of hydrogen-bond donors (Lipinski definition) is 0. The molecule has 0 saturated carbocycles. The van der Waals surface area contributed by atoms with Gasteiger partial charge in [0.1, 0.15) is 5.82 Å². The first-order valence-corrected chi connectivity index (χ1v) is 14.0. The fourth-order valence-corrected chi connectivity index (χ4v) is 5.67. The van der Waals surface area contributed by atoms with E-state index in [0.29, 0.717) is 11.5 Å². The van der Waals surface area contributed by atoms with Gasteiger partial charge < -0.3 is 19.3 Å². The summed E-state index contributed by atoms with van der Waals surface area (Å²) in [4.78, 5) is 14.0. The van der Waals surface area contributed by atoms with Gasteiger partial charge in [-0.1, -0.05) is 71.4 Å². The van der Waals surface area contributed by atoms with Gasteiger partial charge in [0.25, 0.3) is 0 Å². The van der Waals surface area contributed by atoms with Crippen molar-refractivity contribution < 1.29 is 25.8 Å². The molecule has 1 aliphatic rings. The SMILES string of the molecule is Cc1cccc(C)c1B1N(c2ccccc2)c2cccnc2N1c1[c-]c(Oc2[c-]c(-c3ccccn3)ccc2)ccc1.[Pt+2]. The Morgan fingerprint density at radius 2 is 1.33 bits per heavy atom. The minimum atomic E-state index is -0.177. The normalized spacial score (nSPS) is 12.1. The van der Waals surface area contributed by atoms with Crippen molar-refractivity contribution in [3.63, 3.8) is 0 Å². The predicted molar refractivity (Wildman–Crippen MR) is 170 cm³/mol. The van der Waals surface area contributed by atoms with Gasteiger partial charge in [0.05, 0.1) is 5.69 Å². The molecule has 210 valence electrons. The van der Waals surface area contributed by atoms with Crippen LogP contribution in [0.25, 0.3) is 11.3 Å². The van der Waals surface area contributed by atoms with Gasteiger partial charge >= 0.3 is 28.0 Å². The van der Waals surface area contributed by atoms with E-state index in [1.54, 1.807) is 6.20 Å². The van der Waals surface area contributed by atoms with Gasteiger partial charge in [0.2, 0.25) is 0 Å². The molecule has 6 aromatic rings. The minimum absolute atomic E-state index is 0. The van der Waals surface area contributed by atoms with Crippen molar-refractivity contribution in [1.82, 2.24) is 9.97 Å². The summed E-state index contributed by atoms with van der Waals surface area (Å²) in [6.45, 7) is 4.17. The van der Waals surface area contributed by atoms with E-state index in [-0.39, 0.29) is 28.0 Å². The summed E-state index contributed by atoms with van der Waals surface area (Å²) >= 11 is 0. The quantitative estimate of drug-likeness (QED) is 0.129. The minimum Gasteiger partial charge on any atom is -0.503 e. The molecular formula is C36H27BN4OPt. The van der Waals surface area contributed by atoms with Crippen LogP contribution in [0.15, 0.2) is 128 Å². The Morgan fingerprint density at radius 1 is 0.628 bits per heavy atom. The van der Waals surface area contributed by atoms with E-state index < -0.39 is 0 Å². The summed E-state index contributed by atoms with van der Waals surface area (Å²) < 4.78 is 6.33. The average Bonchev–Trinajstić information content (AvgIpc) is 3.37. The molecule has 7 rings (SSSR count). The van der Waals surface area contributed by atoms with Gasteiger partial charge in [0.15, 0.2) is 0 Å². The first-order valence-electron chi connectivity index (χ1n) is 14.0. The van der Waals surface area contributed by atoms with Crippen molar-refractivity contribution in [3.05, 3.63) is 151 Å². The van der Waals surface area contributed by atoms with Gasteiger partial charge in [-0.3, -0.25) is 0 Å². The number of rotatable bonds is 6. The number of anilines is 4. The third-order valence-electron chi connectivity index (χ3n) is 7.52. The number of benzene rings is 4. The number of aryl methyl sites for hydroxylation is 2. The molecule has 0 unspecified atom stereocenters. The number of hydrogen-bond acceptors (Lipinski definition) is 5. The Hall–Kier alpha value is -4.67. The zero-order chi connectivity index (χ0) is 28.5. The maximum Gasteiger partial charge on any atom is 2.00 e. The Kier molecular flexibility index (Phi) is 8.13. The van der Waals surface area contributed by atoms with Gasteiger partial charge in [0, 0.05) is 29.6 Å². The number of aromatic nitrogens is 2. The largest absolute Gasteiger partial charge is 2.00 e. The number of fused-ring (bicyclic) bond motifs is 1. The molecule has 5 nitrogen and oxygen atoms in total. The fraction of sp³-hybridized carbons (Fsp3) is 0.0556. The smallest absolute Gasteiger partial charge is 0.503 e. The molecule has 43 heavy (non-hydrogen) atoms. The van der Waals surface area contributed by atoms with Crippen molar-refractivity contribution in [2.75, 3.05) is 9.62 Å². The summed E-state index contributed by atoms with van der Waals surface area (Å²) in [5.74, 6) is 2.06. The maximum atomic E-state index is 6.33. The van der Waals surface area contributed by atoms with Crippen LogP contribution in [0.5, 0.6) is 11.5 Å². The second-order valence-corrected chi connectivity index (χ2v) is 10.2. The second kappa shape index (κ2) is 12.3. The molecule has 0 radical (unpaired) electrons. The standard InChI is InChI=1S/C36H27BN4O.Pt/c1-26-12-8-13-27(2)35(26)37-40(29-15-4-3-5-16-29)34-21-11-23-39-36(34)41(37)30-17-10-19-32(25-30)42-31-18-9-14-28(24-31)33-20-6-7-22-38-33;/h3-23H,1-2H3;/q-2;+2. The molecule has 0 N–H and O–H groups in total. The average molecular weight is 738 g/mol. The Bertz CT molecular complexity index is 1850. The molecule has 0 atom stereocenters. The van der Waals surface area contributed by atoms with Crippen LogP contribution in [0.4, 0.5) is 22.9 Å². The fourth-order valence-electron chi connectivity index (χ4n) is 5.67. The molecule has 0 amide bonds. The summed E-state index contributed by atoms with van der Waals surface area (Å²) in [6, 6.07) is 45.6. The Labute approximate surface area is 267 Å². The van der Waals surface area contributed by atoms with Crippen molar-refractivity contribution >= 4 is 35.3 Å². The van der Waals surface area contributed by atoms with Crippen LogP contribution in [-0.4, -0.2) is 17.0 Å². The van der Waals surface area contributed by atoms with Crippen molar-refractivity contribution in [2.45, 2.75) is 13.8 Å². The van der Waals surface area contributed by atoms with Crippen LogP contribution >= 0.6 is 0 Å². The Balaban J connectivity index is 0.00000329. The zero-order valence-electron chi connectivity index (χ0n) is 23.7. The van der Waals surface area contributed by atoms with E-state index in [4.69, 9.17) is 9.72 Å². The van der Waals surface area contributed by atoms with Crippen LogP contribution in [0.1, 0.15) is 11.1 Å². The zero-order valence-corrected chi connectivity index (χ0v) is 26.0. The molecule has 2 aromatic heterocycles. The van der Waals surface area contributed by atoms with E-state index >= 15 is 0 Å². The van der Waals surface area contributed by atoms with Crippen molar-refractivity contribution in [2.24, 2.45) is 0 Å². The summed E-state index contributed by atoms with van der Waals surface area (Å²) in [5.41, 5.74) is 8.37. The van der Waals surface area contributed by atoms with Gasteiger partial charge in [-0.25, -0.2) is 4.98 Å². The molecule has 0 saturated heterocycles. The first kappa shape index (κ1) is 28.5. The second-order valence-electron chi connectivity index (χ2n) is 10.2. The van der Waals surface area contributed by atoms with E-state index in [0.717, 1.165) is 34.1 Å². The van der Waals surface area contributed by atoms with Gasteiger partial charge in [-0.15, -0.1) is 42.0 Å². The molecule has 4 aromatic carbocycles. The molecule has 0 aliphatic carbocycles. The molecule has 0 fully saturated rings. The monoisotopic (exact) mass is 737 g/mol. The van der Waals surface area contributed by atoms with E-state index in [1.807, 2.05) is 66.9 Å². The topological polar surface area (TPSA) is 41.5 Å². The molecular weight excluding hydrogens is 710 g/mol. The van der Waals surface area contributed by atoms with Crippen LogP contribution in [0.2, 0.25) is 0 Å². The molecule has 7 heteroatoms. The van der Waals surface area contributed by atoms with E-state index in [9.17, 15) is 0 Å². The van der Waals surface area contributed by atoms with Gasteiger partial charge in [-0.05, 0) is 55.3 Å². The van der Waals surface area contributed by atoms with Crippen LogP contribution < -0.4 is 19.8 Å². The van der Waals surface area contributed by atoms with E-state index in [1.165, 1.54) is 16.6 Å². The van der Waals surface area contributed by atoms with Crippen molar-refractivity contribution in [1.29, 1.82) is 0 Å². The molecule has 0 bridgehead atoms. The first-order chi connectivity index (χ1) is 20.7.